The summed E-state index contributed by atoms with van der Waals surface area (Å²) >= 11 is 1.35. The van der Waals surface area contributed by atoms with Gasteiger partial charge in [0.15, 0.2) is 11.7 Å². The molecule has 6 nitrogen and oxygen atoms in total. The van der Waals surface area contributed by atoms with Gasteiger partial charge in [-0.15, -0.1) is 11.3 Å². The van der Waals surface area contributed by atoms with E-state index in [1.54, 1.807) is 24.3 Å². The molecule has 7 heteroatoms. The van der Waals surface area contributed by atoms with Crippen LogP contribution in [0.5, 0.6) is 5.75 Å². The summed E-state index contributed by atoms with van der Waals surface area (Å²) in [4.78, 5) is 28.0. The van der Waals surface area contributed by atoms with Crippen molar-refractivity contribution in [3.8, 4) is 17.0 Å². The number of thiazole rings is 1. The maximum atomic E-state index is 12.6. The second-order valence-electron chi connectivity index (χ2n) is 6.06. The Labute approximate surface area is 161 Å². The standard InChI is InChI=1S/C20H19N3O3S/c1-12-7-8-14(13(2)9-12)16-11-27-20(22-16)23-19(25)15-5-3-4-6-17(15)26-10-18(21)24/h3-9,11H,10H2,1-2H3,(H2,21,24)(H,22,23,25). The Kier molecular flexibility index (Phi) is 5.52. The quantitative estimate of drug-likeness (QED) is 0.683. The van der Waals surface area contributed by atoms with Crippen LogP contribution in [0.15, 0.2) is 47.8 Å². The van der Waals surface area contributed by atoms with E-state index >= 15 is 0 Å². The first-order valence-corrected chi connectivity index (χ1v) is 9.16. The van der Waals surface area contributed by atoms with Crippen LogP contribution in [0, 0.1) is 13.8 Å². The van der Waals surface area contributed by atoms with Gasteiger partial charge in [0.2, 0.25) is 0 Å². The van der Waals surface area contributed by atoms with Crippen LogP contribution < -0.4 is 15.8 Å². The predicted octanol–water partition coefficient (Wildman–Crippen LogP) is 3.54. The van der Waals surface area contributed by atoms with E-state index in [0.29, 0.717) is 16.4 Å². The SMILES string of the molecule is Cc1ccc(-c2csc(NC(=O)c3ccccc3OCC(N)=O)n2)c(C)c1. The largest absolute Gasteiger partial charge is 0.483 e. The van der Waals surface area contributed by atoms with E-state index in [1.165, 1.54) is 16.9 Å². The van der Waals surface area contributed by atoms with Crippen LogP contribution in [-0.4, -0.2) is 23.4 Å². The average Bonchev–Trinajstić information content (AvgIpc) is 3.08. The summed E-state index contributed by atoms with van der Waals surface area (Å²) in [6.45, 7) is 3.78. The lowest BCUT2D eigenvalue weighted by Crippen LogP contribution is -2.21. The fourth-order valence-corrected chi connectivity index (χ4v) is 3.35. The van der Waals surface area contributed by atoms with Crippen molar-refractivity contribution in [3.05, 3.63) is 64.5 Å². The highest BCUT2D eigenvalue weighted by Crippen LogP contribution is 2.28. The van der Waals surface area contributed by atoms with Crippen LogP contribution in [0.3, 0.4) is 0 Å². The van der Waals surface area contributed by atoms with Crippen molar-refractivity contribution in [1.29, 1.82) is 0 Å². The fourth-order valence-electron chi connectivity index (χ4n) is 2.65. The number of ether oxygens (including phenoxy) is 1. The van der Waals surface area contributed by atoms with Crippen LogP contribution in [0.4, 0.5) is 5.13 Å². The number of nitrogens with two attached hydrogens (primary N) is 1. The van der Waals surface area contributed by atoms with Gasteiger partial charge >= 0.3 is 0 Å². The molecule has 0 unspecified atom stereocenters. The summed E-state index contributed by atoms with van der Waals surface area (Å²) in [6, 6.07) is 12.8. The molecule has 0 fully saturated rings. The zero-order chi connectivity index (χ0) is 19.4. The maximum absolute atomic E-state index is 12.6. The molecule has 3 N–H and O–H groups in total. The second kappa shape index (κ2) is 8.01. The van der Waals surface area contributed by atoms with E-state index in [0.717, 1.165) is 16.8 Å². The number of amides is 2. The van der Waals surface area contributed by atoms with E-state index in [9.17, 15) is 9.59 Å². The fraction of sp³-hybridized carbons (Fsp3) is 0.150. The van der Waals surface area contributed by atoms with Crippen LogP contribution >= 0.6 is 11.3 Å². The van der Waals surface area contributed by atoms with Crippen molar-refractivity contribution in [2.45, 2.75) is 13.8 Å². The van der Waals surface area contributed by atoms with E-state index in [2.05, 4.69) is 16.4 Å². The van der Waals surface area contributed by atoms with E-state index in [-0.39, 0.29) is 12.5 Å². The van der Waals surface area contributed by atoms with E-state index in [4.69, 9.17) is 10.5 Å². The van der Waals surface area contributed by atoms with Gasteiger partial charge in [-0.3, -0.25) is 14.9 Å². The first kappa shape index (κ1) is 18.6. The molecule has 0 radical (unpaired) electrons. The Morgan fingerprint density at radius 2 is 1.96 bits per heavy atom. The monoisotopic (exact) mass is 381 g/mol. The minimum absolute atomic E-state index is 0.292. The molecule has 2 aromatic carbocycles. The highest BCUT2D eigenvalue weighted by molar-refractivity contribution is 7.14. The molecule has 27 heavy (non-hydrogen) atoms. The Balaban J connectivity index is 1.78. The van der Waals surface area contributed by atoms with Crippen molar-refractivity contribution >= 4 is 28.3 Å². The van der Waals surface area contributed by atoms with Crippen LogP contribution in [0.2, 0.25) is 0 Å². The van der Waals surface area contributed by atoms with Gasteiger partial charge in [-0.05, 0) is 31.5 Å². The molecule has 3 rings (SSSR count). The number of hydrogen-bond acceptors (Lipinski definition) is 5. The molecular weight excluding hydrogens is 362 g/mol. The van der Waals surface area contributed by atoms with Crippen molar-refractivity contribution in [1.82, 2.24) is 4.98 Å². The van der Waals surface area contributed by atoms with Crippen LogP contribution in [-0.2, 0) is 4.79 Å². The third-order valence-electron chi connectivity index (χ3n) is 3.88. The number of carbonyl (C=O) groups excluding carboxylic acids is 2. The van der Waals surface area contributed by atoms with Gasteiger partial charge in [-0.2, -0.15) is 0 Å². The molecule has 2 amide bonds. The minimum atomic E-state index is -0.608. The molecule has 0 aliphatic heterocycles. The van der Waals surface area contributed by atoms with Crippen molar-refractivity contribution < 1.29 is 14.3 Å². The van der Waals surface area contributed by atoms with Crippen molar-refractivity contribution in [2.75, 3.05) is 11.9 Å². The van der Waals surface area contributed by atoms with Gasteiger partial charge < -0.3 is 10.5 Å². The lowest BCUT2D eigenvalue weighted by atomic mass is 10.0. The first-order chi connectivity index (χ1) is 12.9. The van der Waals surface area contributed by atoms with Crippen molar-refractivity contribution in [2.24, 2.45) is 5.73 Å². The number of benzene rings is 2. The summed E-state index contributed by atoms with van der Waals surface area (Å²) in [5.74, 6) is -0.681. The highest BCUT2D eigenvalue weighted by Gasteiger charge is 2.15. The molecule has 0 saturated carbocycles. The number of hydrogen-bond donors (Lipinski definition) is 2. The number of nitrogens with zero attached hydrogens (tertiary/aromatic N) is 1. The third kappa shape index (κ3) is 4.51. The molecule has 0 spiro atoms. The smallest absolute Gasteiger partial charge is 0.261 e. The summed E-state index contributed by atoms with van der Waals surface area (Å²) in [5.41, 5.74) is 9.56. The summed E-state index contributed by atoms with van der Waals surface area (Å²) in [5, 5.41) is 5.17. The molecule has 0 aliphatic carbocycles. The third-order valence-corrected chi connectivity index (χ3v) is 4.64. The van der Waals surface area contributed by atoms with E-state index < -0.39 is 5.91 Å². The topological polar surface area (TPSA) is 94.3 Å². The predicted molar refractivity (Wildman–Crippen MR) is 106 cm³/mol. The van der Waals surface area contributed by atoms with Gasteiger partial charge in [-0.1, -0.05) is 35.9 Å². The highest BCUT2D eigenvalue weighted by atomic mass is 32.1. The average molecular weight is 381 g/mol. The Morgan fingerprint density at radius 3 is 2.70 bits per heavy atom. The van der Waals surface area contributed by atoms with Gasteiger partial charge in [0.05, 0.1) is 11.3 Å². The maximum Gasteiger partial charge on any atom is 0.261 e. The number of aryl methyl sites for hydroxylation is 2. The zero-order valence-corrected chi connectivity index (χ0v) is 15.8. The molecule has 0 saturated heterocycles. The molecule has 0 atom stereocenters. The Morgan fingerprint density at radius 1 is 1.19 bits per heavy atom. The number of rotatable bonds is 6. The molecular formula is C20H19N3O3S. The number of para-hydroxylation sites is 1. The van der Waals surface area contributed by atoms with Crippen molar-refractivity contribution in [3.63, 3.8) is 0 Å². The van der Waals surface area contributed by atoms with Crippen LogP contribution in [0.1, 0.15) is 21.5 Å². The number of aromatic nitrogens is 1. The van der Waals surface area contributed by atoms with Crippen LogP contribution in [0.25, 0.3) is 11.3 Å². The molecule has 0 aliphatic rings. The lowest BCUT2D eigenvalue weighted by Gasteiger charge is -2.09. The number of primary amides is 1. The van der Waals surface area contributed by atoms with Gasteiger partial charge in [-0.25, -0.2) is 4.98 Å². The normalized spacial score (nSPS) is 10.4. The molecule has 3 aromatic rings. The molecule has 138 valence electrons. The number of nitrogens with one attached hydrogen (secondary N) is 1. The van der Waals surface area contributed by atoms with Gasteiger partial charge in [0, 0.05) is 10.9 Å². The Bertz CT molecular complexity index is 998. The van der Waals surface area contributed by atoms with Gasteiger partial charge in [0.1, 0.15) is 5.75 Å². The number of anilines is 1. The zero-order valence-electron chi connectivity index (χ0n) is 15.0. The summed E-state index contributed by atoms with van der Waals surface area (Å²) in [6.07, 6.45) is 0. The molecule has 0 bridgehead atoms. The summed E-state index contributed by atoms with van der Waals surface area (Å²) < 4.78 is 5.31. The lowest BCUT2D eigenvalue weighted by molar-refractivity contribution is -0.119. The first-order valence-electron chi connectivity index (χ1n) is 8.28. The number of carbonyl (C=O) groups is 2. The molecule has 1 heterocycles. The molecule has 1 aromatic heterocycles. The Hall–Kier alpha value is -3.19. The minimum Gasteiger partial charge on any atom is -0.483 e. The second-order valence-corrected chi connectivity index (χ2v) is 6.92. The van der Waals surface area contributed by atoms with E-state index in [1.807, 2.05) is 31.4 Å². The van der Waals surface area contributed by atoms with Gasteiger partial charge in [0.25, 0.3) is 11.8 Å². The summed E-state index contributed by atoms with van der Waals surface area (Å²) in [7, 11) is 0.